The summed E-state index contributed by atoms with van der Waals surface area (Å²) in [6, 6.07) is 5.60. The van der Waals surface area contributed by atoms with Crippen LogP contribution in [0, 0.1) is 0 Å². The van der Waals surface area contributed by atoms with Crippen molar-refractivity contribution in [3.8, 4) is 11.5 Å². The number of amides is 2. The third kappa shape index (κ3) is 4.27. The van der Waals surface area contributed by atoms with E-state index >= 15 is 0 Å². The lowest BCUT2D eigenvalue weighted by molar-refractivity contribution is 0.142. The predicted molar refractivity (Wildman–Crippen MR) is 85.5 cm³/mol. The first kappa shape index (κ1) is 16.4. The van der Waals surface area contributed by atoms with Crippen molar-refractivity contribution >= 4 is 6.03 Å². The summed E-state index contributed by atoms with van der Waals surface area (Å²) in [5, 5.41) is 2.96. The van der Waals surface area contributed by atoms with Crippen LogP contribution in [0.1, 0.15) is 12.5 Å². The van der Waals surface area contributed by atoms with E-state index in [0.717, 1.165) is 49.8 Å². The number of hydrogen-bond donors (Lipinski definition) is 1. The second-order valence-corrected chi connectivity index (χ2v) is 5.30. The first-order chi connectivity index (χ1) is 10.7. The number of likely N-dealkylation sites (N-methyl/N-ethyl adjacent to an activating group) is 1. The molecule has 2 rings (SSSR count). The standard InChI is InChI=1S/C16H25N3O3/c1-4-18-5-7-19(8-6-18)16(20)17-12-13-9-14(21-2)11-15(10-13)22-3/h9-11H,4-8,12H2,1-3H3,(H,17,20). The zero-order chi connectivity index (χ0) is 15.9. The third-order valence-electron chi connectivity index (χ3n) is 3.96. The number of carbonyl (C=O) groups excluding carboxylic acids is 1. The third-order valence-corrected chi connectivity index (χ3v) is 3.96. The average molecular weight is 307 g/mol. The van der Waals surface area contributed by atoms with Gasteiger partial charge in [0.05, 0.1) is 14.2 Å². The van der Waals surface area contributed by atoms with Gasteiger partial charge in [0.25, 0.3) is 0 Å². The van der Waals surface area contributed by atoms with E-state index in [-0.39, 0.29) is 6.03 Å². The van der Waals surface area contributed by atoms with Gasteiger partial charge in [0.15, 0.2) is 0 Å². The second-order valence-electron chi connectivity index (χ2n) is 5.30. The zero-order valence-corrected chi connectivity index (χ0v) is 13.6. The van der Waals surface area contributed by atoms with Gasteiger partial charge in [0.2, 0.25) is 0 Å². The number of nitrogens with zero attached hydrogens (tertiary/aromatic N) is 2. The van der Waals surface area contributed by atoms with Crippen LogP contribution in [0.2, 0.25) is 0 Å². The van der Waals surface area contributed by atoms with Crippen molar-refractivity contribution in [1.82, 2.24) is 15.1 Å². The molecule has 2 amide bonds. The summed E-state index contributed by atoms with van der Waals surface area (Å²) in [5.41, 5.74) is 0.955. The average Bonchev–Trinajstić information content (AvgIpc) is 2.59. The summed E-state index contributed by atoms with van der Waals surface area (Å²) < 4.78 is 10.5. The van der Waals surface area contributed by atoms with Crippen LogP contribution in [0.15, 0.2) is 18.2 Å². The van der Waals surface area contributed by atoms with Crippen molar-refractivity contribution in [3.63, 3.8) is 0 Å². The molecule has 6 nitrogen and oxygen atoms in total. The van der Waals surface area contributed by atoms with E-state index in [1.165, 1.54) is 0 Å². The first-order valence-electron chi connectivity index (χ1n) is 7.63. The molecule has 122 valence electrons. The molecule has 0 saturated carbocycles. The lowest BCUT2D eigenvalue weighted by Gasteiger charge is -2.34. The maximum absolute atomic E-state index is 12.2. The van der Waals surface area contributed by atoms with Crippen molar-refractivity contribution < 1.29 is 14.3 Å². The van der Waals surface area contributed by atoms with Crippen molar-refractivity contribution in [2.75, 3.05) is 46.9 Å². The number of rotatable bonds is 5. The molecule has 0 radical (unpaired) electrons. The van der Waals surface area contributed by atoms with Gasteiger partial charge in [0.1, 0.15) is 11.5 Å². The Balaban J connectivity index is 1.88. The van der Waals surface area contributed by atoms with E-state index in [1.807, 2.05) is 23.1 Å². The van der Waals surface area contributed by atoms with Gasteiger partial charge in [-0.15, -0.1) is 0 Å². The molecule has 1 aromatic carbocycles. The summed E-state index contributed by atoms with van der Waals surface area (Å²) in [5.74, 6) is 1.44. The summed E-state index contributed by atoms with van der Waals surface area (Å²) >= 11 is 0. The minimum absolute atomic E-state index is 0.0162. The molecule has 1 saturated heterocycles. The van der Waals surface area contributed by atoms with Crippen molar-refractivity contribution in [2.45, 2.75) is 13.5 Å². The predicted octanol–water partition coefficient (Wildman–Crippen LogP) is 1.55. The minimum atomic E-state index is -0.0162. The van der Waals surface area contributed by atoms with Crippen LogP contribution in [0.25, 0.3) is 0 Å². The quantitative estimate of drug-likeness (QED) is 0.897. The van der Waals surface area contributed by atoms with Gasteiger partial charge in [-0.25, -0.2) is 4.79 Å². The number of hydrogen-bond acceptors (Lipinski definition) is 4. The van der Waals surface area contributed by atoms with Crippen LogP contribution >= 0.6 is 0 Å². The lowest BCUT2D eigenvalue weighted by Crippen LogP contribution is -2.51. The maximum Gasteiger partial charge on any atom is 0.317 e. The molecule has 1 N–H and O–H groups in total. The maximum atomic E-state index is 12.2. The second kappa shape index (κ2) is 7.89. The van der Waals surface area contributed by atoms with Crippen LogP contribution in [-0.2, 0) is 6.54 Å². The molecule has 1 aliphatic heterocycles. The molecule has 0 unspecified atom stereocenters. The van der Waals surface area contributed by atoms with Gasteiger partial charge in [-0.3, -0.25) is 0 Å². The van der Waals surface area contributed by atoms with E-state index in [4.69, 9.17) is 9.47 Å². The summed E-state index contributed by atoms with van der Waals surface area (Å²) in [4.78, 5) is 16.4. The Labute approximate surface area is 132 Å². The highest BCUT2D eigenvalue weighted by atomic mass is 16.5. The summed E-state index contributed by atoms with van der Waals surface area (Å²) in [7, 11) is 3.23. The number of carbonyl (C=O) groups is 1. The van der Waals surface area contributed by atoms with E-state index in [2.05, 4.69) is 17.1 Å². The fourth-order valence-corrected chi connectivity index (χ4v) is 2.53. The Morgan fingerprint density at radius 2 is 1.68 bits per heavy atom. The SMILES string of the molecule is CCN1CCN(C(=O)NCc2cc(OC)cc(OC)c2)CC1. The smallest absolute Gasteiger partial charge is 0.317 e. The molecular formula is C16H25N3O3. The Kier molecular flexibility index (Phi) is 5.89. The van der Waals surface area contributed by atoms with Crippen molar-refractivity contribution in [3.05, 3.63) is 23.8 Å². The molecule has 0 atom stereocenters. The Bertz CT molecular complexity index is 477. The molecule has 1 heterocycles. The number of urea groups is 1. The molecule has 1 aliphatic rings. The number of benzene rings is 1. The normalized spacial score (nSPS) is 15.5. The van der Waals surface area contributed by atoms with Gasteiger partial charge in [-0.1, -0.05) is 6.92 Å². The van der Waals surface area contributed by atoms with Crippen molar-refractivity contribution in [2.24, 2.45) is 0 Å². The highest BCUT2D eigenvalue weighted by Crippen LogP contribution is 2.22. The van der Waals surface area contributed by atoms with Crippen LogP contribution in [0.5, 0.6) is 11.5 Å². The topological polar surface area (TPSA) is 54.0 Å². The molecule has 1 fully saturated rings. The fourth-order valence-electron chi connectivity index (χ4n) is 2.53. The van der Waals surface area contributed by atoms with E-state index in [9.17, 15) is 4.79 Å². The van der Waals surface area contributed by atoms with E-state index < -0.39 is 0 Å². The highest BCUT2D eigenvalue weighted by molar-refractivity contribution is 5.74. The molecule has 6 heteroatoms. The molecule has 22 heavy (non-hydrogen) atoms. The summed E-state index contributed by atoms with van der Waals surface area (Å²) in [6.07, 6.45) is 0. The molecular weight excluding hydrogens is 282 g/mol. The Morgan fingerprint density at radius 3 is 2.18 bits per heavy atom. The van der Waals surface area contributed by atoms with Gasteiger partial charge in [0, 0.05) is 38.8 Å². The zero-order valence-electron chi connectivity index (χ0n) is 13.6. The molecule has 1 aromatic rings. The largest absolute Gasteiger partial charge is 0.497 e. The van der Waals surface area contributed by atoms with Crippen LogP contribution in [-0.4, -0.2) is 62.8 Å². The monoisotopic (exact) mass is 307 g/mol. The number of nitrogens with one attached hydrogen (secondary N) is 1. The summed E-state index contributed by atoms with van der Waals surface area (Å²) in [6.45, 7) is 7.08. The van der Waals surface area contributed by atoms with Gasteiger partial charge in [-0.05, 0) is 24.2 Å². The van der Waals surface area contributed by atoms with Crippen LogP contribution in [0.4, 0.5) is 4.79 Å². The number of methoxy groups -OCH3 is 2. The first-order valence-corrected chi connectivity index (χ1v) is 7.63. The molecule has 0 spiro atoms. The lowest BCUT2D eigenvalue weighted by atomic mass is 10.2. The molecule has 0 aliphatic carbocycles. The van der Waals surface area contributed by atoms with Crippen molar-refractivity contribution in [1.29, 1.82) is 0 Å². The molecule has 0 bridgehead atoms. The minimum Gasteiger partial charge on any atom is -0.497 e. The van der Waals surface area contributed by atoms with Gasteiger partial charge in [-0.2, -0.15) is 0 Å². The molecule has 0 aromatic heterocycles. The number of piperazine rings is 1. The van der Waals surface area contributed by atoms with Crippen LogP contribution < -0.4 is 14.8 Å². The highest BCUT2D eigenvalue weighted by Gasteiger charge is 2.19. The van der Waals surface area contributed by atoms with E-state index in [1.54, 1.807) is 14.2 Å². The van der Waals surface area contributed by atoms with Gasteiger partial charge >= 0.3 is 6.03 Å². The fraction of sp³-hybridized carbons (Fsp3) is 0.562. The van der Waals surface area contributed by atoms with Crippen LogP contribution in [0.3, 0.4) is 0 Å². The number of ether oxygens (including phenoxy) is 2. The van der Waals surface area contributed by atoms with Gasteiger partial charge < -0.3 is 24.6 Å². The Hall–Kier alpha value is -1.95. The van der Waals surface area contributed by atoms with E-state index in [0.29, 0.717) is 6.54 Å². The Morgan fingerprint density at radius 1 is 1.09 bits per heavy atom.